The monoisotopic (exact) mass is 260 g/mol. The molecule has 106 valence electrons. The average Bonchev–Trinajstić information content (AvgIpc) is 2.43. The maximum Gasteiger partial charge on any atom is 0.0611 e. The smallest absolute Gasteiger partial charge is 0.0611 e. The lowest BCUT2D eigenvalue weighted by atomic mass is 9.74. The molecule has 1 aromatic carbocycles. The third-order valence-corrected chi connectivity index (χ3v) is 5.00. The number of hydrogen-bond acceptors (Lipinski definition) is 1. The minimum Gasteiger partial charge on any atom is -0.392 e. The van der Waals surface area contributed by atoms with E-state index in [1.807, 2.05) is 0 Å². The molecule has 1 nitrogen and oxygen atoms in total. The highest BCUT2D eigenvalue weighted by molar-refractivity contribution is 5.30. The Morgan fingerprint density at radius 1 is 1.16 bits per heavy atom. The van der Waals surface area contributed by atoms with Gasteiger partial charge in [-0.05, 0) is 55.2 Å². The molecule has 0 saturated heterocycles. The molecule has 1 aliphatic rings. The van der Waals surface area contributed by atoms with E-state index in [0.29, 0.717) is 5.92 Å². The van der Waals surface area contributed by atoms with Crippen LogP contribution in [0.25, 0.3) is 0 Å². The molecule has 3 unspecified atom stereocenters. The van der Waals surface area contributed by atoms with Crippen molar-refractivity contribution in [2.45, 2.75) is 65.4 Å². The fourth-order valence-electron chi connectivity index (χ4n) is 3.57. The topological polar surface area (TPSA) is 20.2 Å². The SMILES string of the molecule is CCC1CCCCC1C(O)Cc1ccc(C)c(C)c1. The second-order valence-electron chi connectivity index (χ2n) is 6.31. The van der Waals surface area contributed by atoms with Crippen molar-refractivity contribution in [1.29, 1.82) is 0 Å². The van der Waals surface area contributed by atoms with Crippen molar-refractivity contribution in [1.82, 2.24) is 0 Å². The molecule has 0 aliphatic heterocycles. The molecule has 0 radical (unpaired) electrons. The lowest BCUT2D eigenvalue weighted by Gasteiger charge is -2.34. The molecule has 3 atom stereocenters. The summed E-state index contributed by atoms with van der Waals surface area (Å²) in [6, 6.07) is 6.59. The largest absolute Gasteiger partial charge is 0.392 e. The summed E-state index contributed by atoms with van der Waals surface area (Å²) in [6.07, 6.45) is 7.05. The van der Waals surface area contributed by atoms with Crippen LogP contribution in [0.15, 0.2) is 18.2 Å². The van der Waals surface area contributed by atoms with Crippen LogP contribution >= 0.6 is 0 Å². The summed E-state index contributed by atoms with van der Waals surface area (Å²) in [4.78, 5) is 0. The lowest BCUT2D eigenvalue weighted by molar-refractivity contribution is 0.0464. The maximum atomic E-state index is 10.6. The quantitative estimate of drug-likeness (QED) is 0.849. The van der Waals surface area contributed by atoms with Crippen molar-refractivity contribution in [3.8, 4) is 0 Å². The van der Waals surface area contributed by atoms with Crippen LogP contribution in [0, 0.1) is 25.7 Å². The summed E-state index contributed by atoms with van der Waals surface area (Å²) in [7, 11) is 0. The number of hydrogen-bond donors (Lipinski definition) is 1. The molecular formula is C18H28O. The lowest BCUT2D eigenvalue weighted by Crippen LogP contribution is -2.32. The van der Waals surface area contributed by atoms with Gasteiger partial charge in [0, 0.05) is 0 Å². The second kappa shape index (κ2) is 6.56. The van der Waals surface area contributed by atoms with E-state index in [0.717, 1.165) is 12.3 Å². The maximum absolute atomic E-state index is 10.6. The molecular weight excluding hydrogens is 232 g/mol. The molecule has 0 aromatic heterocycles. The van der Waals surface area contributed by atoms with Crippen LogP contribution in [-0.4, -0.2) is 11.2 Å². The van der Waals surface area contributed by atoms with Crippen molar-refractivity contribution in [3.63, 3.8) is 0 Å². The normalized spacial score (nSPS) is 25.3. The van der Waals surface area contributed by atoms with Gasteiger partial charge in [-0.3, -0.25) is 0 Å². The van der Waals surface area contributed by atoms with E-state index < -0.39 is 0 Å². The fraction of sp³-hybridized carbons (Fsp3) is 0.667. The zero-order valence-electron chi connectivity index (χ0n) is 12.7. The average molecular weight is 260 g/mol. The van der Waals surface area contributed by atoms with Crippen LogP contribution in [0.2, 0.25) is 0 Å². The van der Waals surface area contributed by atoms with Gasteiger partial charge in [0.15, 0.2) is 0 Å². The Kier molecular flexibility index (Phi) is 5.04. The molecule has 1 aliphatic carbocycles. The minimum atomic E-state index is -0.160. The summed E-state index contributed by atoms with van der Waals surface area (Å²) < 4.78 is 0. The summed E-state index contributed by atoms with van der Waals surface area (Å²) >= 11 is 0. The van der Waals surface area contributed by atoms with Gasteiger partial charge in [-0.25, -0.2) is 0 Å². The molecule has 0 heterocycles. The Morgan fingerprint density at radius 2 is 1.89 bits per heavy atom. The molecule has 1 aromatic rings. The van der Waals surface area contributed by atoms with Gasteiger partial charge < -0.3 is 5.11 Å². The predicted octanol–water partition coefficient (Wildman–Crippen LogP) is 4.42. The van der Waals surface area contributed by atoms with E-state index in [4.69, 9.17) is 0 Å². The summed E-state index contributed by atoms with van der Waals surface area (Å²) in [5.41, 5.74) is 3.96. The molecule has 1 N–H and O–H groups in total. The standard InChI is InChI=1S/C18H28O/c1-4-16-7-5-6-8-17(16)18(19)12-15-10-9-13(2)14(3)11-15/h9-11,16-19H,4-8,12H2,1-3H3. The van der Waals surface area contributed by atoms with E-state index in [1.54, 1.807) is 0 Å². The van der Waals surface area contributed by atoms with Crippen molar-refractivity contribution in [2.75, 3.05) is 0 Å². The van der Waals surface area contributed by atoms with Gasteiger partial charge in [0.1, 0.15) is 0 Å². The molecule has 19 heavy (non-hydrogen) atoms. The predicted molar refractivity (Wildman–Crippen MR) is 81.4 cm³/mol. The Morgan fingerprint density at radius 3 is 2.58 bits per heavy atom. The van der Waals surface area contributed by atoms with Gasteiger partial charge in [0.05, 0.1) is 6.10 Å². The third kappa shape index (κ3) is 3.60. The Balaban J connectivity index is 2.02. The van der Waals surface area contributed by atoms with Gasteiger partial charge in [-0.1, -0.05) is 50.8 Å². The van der Waals surface area contributed by atoms with Crippen molar-refractivity contribution >= 4 is 0 Å². The number of aryl methyl sites for hydroxylation is 2. The third-order valence-electron chi connectivity index (χ3n) is 5.00. The molecule has 2 rings (SSSR count). The Labute approximate surface area is 118 Å². The highest BCUT2D eigenvalue weighted by Crippen LogP contribution is 2.35. The van der Waals surface area contributed by atoms with Crippen LogP contribution in [0.5, 0.6) is 0 Å². The first kappa shape index (κ1) is 14.6. The number of aliphatic hydroxyl groups excluding tert-OH is 1. The summed E-state index contributed by atoms with van der Waals surface area (Å²) in [5, 5.41) is 10.6. The Bertz CT molecular complexity index is 410. The van der Waals surface area contributed by atoms with Crippen LogP contribution < -0.4 is 0 Å². The highest BCUT2D eigenvalue weighted by atomic mass is 16.3. The molecule has 1 fully saturated rings. The van der Waals surface area contributed by atoms with Gasteiger partial charge in [-0.2, -0.15) is 0 Å². The molecule has 0 bridgehead atoms. The van der Waals surface area contributed by atoms with E-state index in [1.165, 1.54) is 48.8 Å². The number of aliphatic hydroxyl groups is 1. The van der Waals surface area contributed by atoms with Crippen LogP contribution in [0.1, 0.15) is 55.7 Å². The fourth-order valence-corrected chi connectivity index (χ4v) is 3.57. The second-order valence-corrected chi connectivity index (χ2v) is 6.31. The van der Waals surface area contributed by atoms with Crippen molar-refractivity contribution < 1.29 is 5.11 Å². The first-order chi connectivity index (χ1) is 9.11. The van der Waals surface area contributed by atoms with Gasteiger partial charge in [0.2, 0.25) is 0 Å². The minimum absolute atomic E-state index is 0.160. The van der Waals surface area contributed by atoms with Crippen LogP contribution in [0.3, 0.4) is 0 Å². The van der Waals surface area contributed by atoms with E-state index in [2.05, 4.69) is 39.0 Å². The van der Waals surface area contributed by atoms with E-state index in [9.17, 15) is 5.11 Å². The number of rotatable bonds is 4. The highest BCUT2D eigenvalue weighted by Gasteiger charge is 2.29. The van der Waals surface area contributed by atoms with Crippen LogP contribution in [0.4, 0.5) is 0 Å². The first-order valence-corrected chi connectivity index (χ1v) is 7.86. The van der Waals surface area contributed by atoms with Crippen molar-refractivity contribution in [3.05, 3.63) is 34.9 Å². The number of benzene rings is 1. The first-order valence-electron chi connectivity index (χ1n) is 7.86. The van der Waals surface area contributed by atoms with Gasteiger partial charge >= 0.3 is 0 Å². The molecule has 1 heteroatoms. The summed E-state index contributed by atoms with van der Waals surface area (Å²) in [6.45, 7) is 6.57. The zero-order valence-corrected chi connectivity index (χ0v) is 12.7. The van der Waals surface area contributed by atoms with Gasteiger partial charge in [0.25, 0.3) is 0 Å². The van der Waals surface area contributed by atoms with Gasteiger partial charge in [-0.15, -0.1) is 0 Å². The zero-order chi connectivity index (χ0) is 13.8. The Hall–Kier alpha value is -0.820. The molecule has 0 amide bonds. The molecule has 0 spiro atoms. The van der Waals surface area contributed by atoms with Crippen LogP contribution in [-0.2, 0) is 6.42 Å². The molecule has 1 saturated carbocycles. The van der Waals surface area contributed by atoms with E-state index >= 15 is 0 Å². The van der Waals surface area contributed by atoms with Crippen molar-refractivity contribution in [2.24, 2.45) is 11.8 Å². The summed E-state index contributed by atoms with van der Waals surface area (Å²) in [5.74, 6) is 1.25. The van der Waals surface area contributed by atoms with E-state index in [-0.39, 0.29) is 6.10 Å².